The van der Waals surface area contributed by atoms with Crippen LogP contribution in [0.15, 0.2) is 12.1 Å². The van der Waals surface area contributed by atoms with Gasteiger partial charge in [-0.2, -0.15) is 0 Å². The number of halogens is 1. The van der Waals surface area contributed by atoms with Crippen molar-refractivity contribution in [2.24, 2.45) is 0 Å². The summed E-state index contributed by atoms with van der Waals surface area (Å²) in [5.41, 5.74) is 0.606. The summed E-state index contributed by atoms with van der Waals surface area (Å²) >= 11 is 2.16. The molecule has 0 aromatic heterocycles. The third-order valence-corrected chi connectivity index (χ3v) is 3.43. The Labute approximate surface area is 122 Å². The van der Waals surface area contributed by atoms with E-state index in [4.69, 9.17) is 9.47 Å². The number of hydrogen-bond donors (Lipinski definition) is 0. The molecule has 1 aromatic rings. The fourth-order valence-corrected chi connectivity index (χ4v) is 2.43. The van der Waals surface area contributed by atoms with Gasteiger partial charge in [-0.05, 0) is 41.1 Å². The van der Waals surface area contributed by atoms with E-state index in [9.17, 15) is 4.79 Å². The van der Waals surface area contributed by atoms with Gasteiger partial charge in [-0.3, -0.25) is 4.79 Å². The molecule has 0 amide bonds. The van der Waals surface area contributed by atoms with Crippen LogP contribution < -0.4 is 9.47 Å². The fourth-order valence-electron chi connectivity index (χ4n) is 1.65. The van der Waals surface area contributed by atoms with E-state index >= 15 is 0 Å². The first-order chi connectivity index (χ1) is 8.72. The molecule has 1 rings (SSSR count). The molecule has 0 saturated carbocycles. The summed E-state index contributed by atoms with van der Waals surface area (Å²) in [6.07, 6.45) is 5.50. The lowest BCUT2D eigenvalue weighted by Gasteiger charge is -2.13. The second-order valence-corrected chi connectivity index (χ2v) is 5.22. The quantitative estimate of drug-likeness (QED) is 0.397. The van der Waals surface area contributed by atoms with E-state index in [0.717, 1.165) is 22.0 Å². The number of aldehydes is 1. The highest BCUT2D eigenvalue weighted by Gasteiger charge is 2.11. The topological polar surface area (TPSA) is 35.5 Å². The normalized spacial score (nSPS) is 10.2. The van der Waals surface area contributed by atoms with E-state index in [1.807, 2.05) is 0 Å². The molecule has 0 unspecified atom stereocenters. The number of benzene rings is 1. The summed E-state index contributed by atoms with van der Waals surface area (Å²) in [5, 5.41) is 0. The van der Waals surface area contributed by atoms with E-state index < -0.39 is 0 Å². The van der Waals surface area contributed by atoms with Crippen LogP contribution in [0.1, 0.15) is 43.0 Å². The molecular formula is C14H19IO3. The fraction of sp³-hybridized carbons (Fsp3) is 0.500. The molecule has 0 aliphatic heterocycles. The predicted molar refractivity (Wildman–Crippen MR) is 80.7 cm³/mol. The van der Waals surface area contributed by atoms with Gasteiger partial charge in [0.05, 0.1) is 17.3 Å². The van der Waals surface area contributed by atoms with E-state index in [-0.39, 0.29) is 0 Å². The standard InChI is InChI=1S/C14H19IO3/c1-3-4-5-6-7-18-14-12(15)8-11(10-16)9-13(14)17-2/h8-10H,3-7H2,1-2H3. The highest BCUT2D eigenvalue weighted by atomic mass is 127. The maximum absolute atomic E-state index is 10.8. The average molecular weight is 362 g/mol. The Morgan fingerprint density at radius 3 is 2.67 bits per heavy atom. The monoisotopic (exact) mass is 362 g/mol. The van der Waals surface area contributed by atoms with Gasteiger partial charge in [0.15, 0.2) is 11.5 Å². The summed E-state index contributed by atoms with van der Waals surface area (Å²) in [4.78, 5) is 10.8. The van der Waals surface area contributed by atoms with Crippen LogP contribution in [0.3, 0.4) is 0 Å². The lowest BCUT2D eigenvalue weighted by atomic mass is 10.2. The van der Waals surface area contributed by atoms with Gasteiger partial charge in [0, 0.05) is 5.56 Å². The minimum Gasteiger partial charge on any atom is -0.493 e. The van der Waals surface area contributed by atoms with Gasteiger partial charge >= 0.3 is 0 Å². The maximum atomic E-state index is 10.8. The molecule has 0 fully saturated rings. The first kappa shape index (κ1) is 15.3. The molecule has 1 aromatic carbocycles. The number of hydrogen-bond acceptors (Lipinski definition) is 3. The first-order valence-electron chi connectivity index (χ1n) is 6.18. The SMILES string of the molecule is CCCCCCOc1c(I)cc(C=O)cc1OC. The Hall–Kier alpha value is -0.780. The lowest BCUT2D eigenvalue weighted by Crippen LogP contribution is -2.02. The molecule has 3 nitrogen and oxygen atoms in total. The van der Waals surface area contributed by atoms with Crippen LogP contribution in [0.4, 0.5) is 0 Å². The van der Waals surface area contributed by atoms with Gasteiger partial charge in [0.1, 0.15) is 6.29 Å². The number of rotatable bonds is 8. The number of methoxy groups -OCH3 is 1. The Morgan fingerprint density at radius 1 is 1.28 bits per heavy atom. The predicted octanol–water partition coefficient (Wildman–Crippen LogP) is 4.07. The summed E-state index contributed by atoms with van der Waals surface area (Å²) in [5.74, 6) is 1.36. The number of carbonyl (C=O) groups is 1. The zero-order chi connectivity index (χ0) is 13.4. The lowest BCUT2D eigenvalue weighted by molar-refractivity contribution is 0.112. The Kier molecular flexibility index (Phi) is 7.08. The molecule has 0 aliphatic carbocycles. The van der Waals surface area contributed by atoms with Crippen molar-refractivity contribution >= 4 is 28.9 Å². The van der Waals surface area contributed by atoms with Crippen LogP contribution >= 0.6 is 22.6 Å². The Morgan fingerprint density at radius 2 is 2.06 bits per heavy atom. The van der Waals surface area contributed by atoms with Crippen molar-refractivity contribution in [1.29, 1.82) is 0 Å². The second kappa shape index (κ2) is 8.34. The van der Waals surface area contributed by atoms with Crippen LogP contribution in [0.2, 0.25) is 0 Å². The van der Waals surface area contributed by atoms with Gasteiger partial charge in [-0.25, -0.2) is 0 Å². The highest BCUT2D eigenvalue weighted by molar-refractivity contribution is 14.1. The molecule has 18 heavy (non-hydrogen) atoms. The molecule has 0 atom stereocenters. The van der Waals surface area contributed by atoms with Crippen LogP contribution in [-0.2, 0) is 0 Å². The van der Waals surface area contributed by atoms with Gasteiger partial charge in [0.25, 0.3) is 0 Å². The summed E-state index contributed by atoms with van der Waals surface area (Å²) < 4.78 is 11.9. The smallest absolute Gasteiger partial charge is 0.174 e. The maximum Gasteiger partial charge on any atom is 0.174 e. The molecule has 0 spiro atoms. The van der Waals surface area contributed by atoms with Crippen molar-refractivity contribution < 1.29 is 14.3 Å². The summed E-state index contributed by atoms with van der Waals surface area (Å²) in [7, 11) is 1.59. The summed E-state index contributed by atoms with van der Waals surface area (Å²) in [6, 6.07) is 3.51. The second-order valence-electron chi connectivity index (χ2n) is 4.06. The molecular weight excluding hydrogens is 343 g/mol. The third-order valence-electron chi connectivity index (χ3n) is 2.63. The number of ether oxygens (including phenoxy) is 2. The van der Waals surface area contributed by atoms with Crippen molar-refractivity contribution in [1.82, 2.24) is 0 Å². The van der Waals surface area contributed by atoms with E-state index in [2.05, 4.69) is 29.5 Å². The van der Waals surface area contributed by atoms with E-state index in [0.29, 0.717) is 17.9 Å². The highest BCUT2D eigenvalue weighted by Crippen LogP contribution is 2.33. The Bertz CT molecular complexity index is 391. The zero-order valence-electron chi connectivity index (χ0n) is 10.9. The molecule has 0 heterocycles. The molecule has 0 aliphatic rings. The zero-order valence-corrected chi connectivity index (χ0v) is 13.0. The molecule has 0 radical (unpaired) electrons. The van der Waals surface area contributed by atoms with Gasteiger partial charge < -0.3 is 9.47 Å². The summed E-state index contributed by atoms with van der Waals surface area (Å²) in [6.45, 7) is 2.87. The van der Waals surface area contributed by atoms with Crippen LogP contribution in [0, 0.1) is 3.57 Å². The molecule has 0 N–H and O–H groups in total. The number of unbranched alkanes of at least 4 members (excludes halogenated alkanes) is 3. The minimum atomic E-state index is 0.606. The van der Waals surface area contributed by atoms with Crippen molar-refractivity contribution in [3.05, 3.63) is 21.3 Å². The van der Waals surface area contributed by atoms with Gasteiger partial charge in [0.2, 0.25) is 0 Å². The van der Waals surface area contributed by atoms with Crippen molar-refractivity contribution in [2.45, 2.75) is 32.6 Å². The minimum absolute atomic E-state index is 0.606. The van der Waals surface area contributed by atoms with Crippen LogP contribution in [0.25, 0.3) is 0 Å². The van der Waals surface area contributed by atoms with E-state index in [1.165, 1.54) is 19.3 Å². The Balaban J connectivity index is 2.66. The van der Waals surface area contributed by atoms with Crippen LogP contribution in [-0.4, -0.2) is 20.0 Å². The van der Waals surface area contributed by atoms with Gasteiger partial charge in [-0.15, -0.1) is 0 Å². The largest absolute Gasteiger partial charge is 0.493 e. The van der Waals surface area contributed by atoms with Gasteiger partial charge in [-0.1, -0.05) is 26.2 Å². The average Bonchev–Trinajstić information content (AvgIpc) is 2.39. The van der Waals surface area contributed by atoms with Crippen molar-refractivity contribution in [3.63, 3.8) is 0 Å². The molecule has 4 heteroatoms. The first-order valence-corrected chi connectivity index (χ1v) is 7.26. The van der Waals surface area contributed by atoms with Crippen LogP contribution in [0.5, 0.6) is 11.5 Å². The number of carbonyl (C=O) groups excluding carboxylic acids is 1. The van der Waals surface area contributed by atoms with E-state index in [1.54, 1.807) is 19.2 Å². The molecule has 0 bridgehead atoms. The van der Waals surface area contributed by atoms with Crippen molar-refractivity contribution in [3.8, 4) is 11.5 Å². The third kappa shape index (κ3) is 4.48. The van der Waals surface area contributed by atoms with Crippen molar-refractivity contribution in [2.75, 3.05) is 13.7 Å². The molecule has 100 valence electrons. The molecule has 0 saturated heterocycles.